The topological polar surface area (TPSA) is 12.0 Å². The van der Waals surface area contributed by atoms with Gasteiger partial charge in [-0.25, -0.2) is 0 Å². The van der Waals surface area contributed by atoms with Crippen molar-refractivity contribution in [2.24, 2.45) is 5.92 Å². The fourth-order valence-electron chi connectivity index (χ4n) is 0.451. The number of hydrogen-bond acceptors (Lipinski definition) is 1. The Bertz CT molecular complexity index is 76.0. The quantitative estimate of drug-likeness (QED) is 0.455. The lowest BCUT2D eigenvalue weighted by molar-refractivity contribution is 0.476. The Morgan fingerprint density at radius 3 is 2.50 bits per heavy atom. The molecule has 1 aliphatic rings. The van der Waals surface area contributed by atoms with Gasteiger partial charge in [0.2, 0.25) is 0 Å². The predicted octanol–water partition coefficient (Wildman–Crippen LogP) is 0.739. The Labute approximate surface area is 38.1 Å². The Morgan fingerprint density at radius 2 is 2.50 bits per heavy atom. The summed E-state index contributed by atoms with van der Waals surface area (Å²) in [7, 11) is 0. The molecule has 1 heteroatoms. The van der Waals surface area contributed by atoms with E-state index in [1.54, 1.807) is 0 Å². The first-order chi connectivity index (χ1) is 2.80. The summed E-state index contributed by atoms with van der Waals surface area (Å²) in [6.45, 7) is 7.02. The maximum Gasteiger partial charge on any atom is 0.0224 e. The van der Waals surface area contributed by atoms with Gasteiger partial charge in [-0.3, -0.25) is 0 Å². The smallest absolute Gasteiger partial charge is 0.0224 e. The molecular formula is C5H9N. The molecule has 1 fully saturated rings. The molecule has 1 unspecified atom stereocenters. The highest BCUT2D eigenvalue weighted by atomic mass is 15.0. The van der Waals surface area contributed by atoms with E-state index in [1.807, 2.05) is 0 Å². The fourth-order valence-corrected chi connectivity index (χ4v) is 0.451. The van der Waals surface area contributed by atoms with Gasteiger partial charge in [-0.1, -0.05) is 13.5 Å². The third-order valence-corrected chi connectivity index (χ3v) is 1.23. The van der Waals surface area contributed by atoms with E-state index in [4.69, 9.17) is 0 Å². The number of rotatable bonds is 0. The van der Waals surface area contributed by atoms with Crippen LogP contribution in [0.4, 0.5) is 0 Å². The van der Waals surface area contributed by atoms with Crippen LogP contribution < -0.4 is 5.32 Å². The summed E-state index contributed by atoms with van der Waals surface area (Å²) in [5, 5.41) is 3.06. The molecule has 0 spiro atoms. The monoisotopic (exact) mass is 83.1 g/mol. The zero-order chi connectivity index (χ0) is 4.57. The second-order valence-corrected chi connectivity index (χ2v) is 1.81. The van der Waals surface area contributed by atoms with E-state index in [-0.39, 0.29) is 0 Å². The molecule has 0 aromatic heterocycles. The van der Waals surface area contributed by atoms with Crippen molar-refractivity contribution in [1.29, 1.82) is 0 Å². The highest BCUT2D eigenvalue weighted by Gasteiger charge is 2.13. The van der Waals surface area contributed by atoms with Gasteiger partial charge in [0, 0.05) is 18.2 Å². The van der Waals surface area contributed by atoms with Crippen LogP contribution in [-0.2, 0) is 0 Å². The van der Waals surface area contributed by atoms with Crippen LogP contribution in [0.3, 0.4) is 0 Å². The summed E-state index contributed by atoms with van der Waals surface area (Å²) >= 11 is 0. The van der Waals surface area contributed by atoms with Crippen LogP contribution in [0.15, 0.2) is 12.3 Å². The Kier molecular flexibility index (Phi) is 0.621. The van der Waals surface area contributed by atoms with Gasteiger partial charge in [0.05, 0.1) is 0 Å². The van der Waals surface area contributed by atoms with Crippen molar-refractivity contribution in [2.75, 3.05) is 6.54 Å². The summed E-state index contributed by atoms with van der Waals surface area (Å²) in [5.74, 6) is 0.727. The lowest BCUT2D eigenvalue weighted by Crippen LogP contribution is -2.36. The molecule has 6 heavy (non-hydrogen) atoms. The molecule has 0 bridgehead atoms. The Balaban J connectivity index is 2.39. The van der Waals surface area contributed by atoms with Crippen molar-refractivity contribution in [2.45, 2.75) is 6.92 Å². The molecule has 34 valence electrons. The van der Waals surface area contributed by atoms with Crippen molar-refractivity contribution in [3.8, 4) is 0 Å². The molecule has 1 heterocycles. The minimum atomic E-state index is 0.727. The molecule has 0 aliphatic carbocycles. The van der Waals surface area contributed by atoms with E-state index < -0.39 is 0 Å². The second kappa shape index (κ2) is 1.00. The van der Waals surface area contributed by atoms with Crippen LogP contribution >= 0.6 is 0 Å². The van der Waals surface area contributed by atoms with Gasteiger partial charge in [-0.2, -0.15) is 0 Å². The molecule has 0 radical (unpaired) electrons. The van der Waals surface area contributed by atoms with Crippen molar-refractivity contribution >= 4 is 0 Å². The third-order valence-electron chi connectivity index (χ3n) is 1.23. The fraction of sp³-hybridized carbons (Fsp3) is 0.600. The molecule has 0 aromatic rings. The molecule has 1 nitrogen and oxygen atoms in total. The maximum absolute atomic E-state index is 3.73. The van der Waals surface area contributed by atoms with E-state index in [0.29, 0.717) is 0 Å². The van der Waals surface area contributed by atoms with Gasteiger partial charge in [0.1, 0.15) is 0 Å². The molecule has 1 N–H and O–H groups in total. The normalized spacial score (nSPS) is 31.5. The Morgan fingerprint density at radius 1 is 2.00 bits per heavy atom. The minimum absolute atomic E-state index is 0.727. The van der Waals surface area contributed by atoms with Crippen molar-refractivity contribution in [3.05, 3.63) is 12.3 Å². The molecular weight excluding hydrogens is 74.1 g/mol. The summed E-state index contributed by atoms with van der Waals surface area (Å²) in [4.78, 5) is 0. The minimum Gasteiger partial charge on any atom is -0.388 e. The first-order valence-electron chi connectivity index (χ1n) is 2.23. The largest absolute Gasteiger partial charge is 0.388 e. The van der Waals surface area contributed by atoms with Gasteiger partial charge in [0.25, 0.3) is 0 Å². The van der Waals surface area contributed by atoms with Crippen molar-refractivity contribution in [1.82, 2.24) is 5.32 Å². The van der Waals surface area contributed by atoms with Crippen LogP contribution in [0.25, 0.3) is 0 Å². The molecule has 0 amide bonds. The first-order valence-corrected chi connectivity index (χ1v) is 2.23. The highest BCUT2D eigenvalue weighted by Crippen LogP contribution is 2.11. The molecule has 1 rings (SSSR count). The first kappa shape index (κ1) is 3.72. The van der Waals surface area contributed by atoms with Gasteiger partial charge >= 0.3 is 0 Å². The zero-order valence-electron chi connectivity index (χ0n) is 3.99. The van der Waals surface area contributed by atoms with Crippen LogP contribution in [0, 0.1) is 5.92 Å². The van der Waals surface area contributed by atoms with Crippen LogP contribution in [0.1, 0.15) is 6.92 Å². The van der Waals surface area contributed by atoms with Crippen LogP contribution in [0.2, 0.25) is 0 Å². The van der Waals surface area contributed by atoms with Gasteiger partial charge in [-0.15, -0.1) is 0 Å². The lowest BCUT2D eigenvalue weighted by atomic mass is 10.0. The van der Waals surface area contributed by atoms with Crippen molar-refractivity contribution in [3.63, 3.8) is 0 Å². The van der Waals surface area contributed by atoms with E-state index in [1.165, 1.54) is 5.70 Å². The predicted molar refractivity (Wildman–Crippen MR) is 26.3 cm³/mol. The highest BCUT2D eigenvalue weighted by molar-refractivity contribution is 5.06. The van der Waals surface area contributed by atoms with Crippen LogP contribution in [-0.4, -0.2) is 6.54 Å². The molecule has 0 aromatic carbocycles. The maximum atomic E-state index is 3.73. The second-order valence-electron chi connectivity index (χ2n) is 1.81. The molecule has 1 aliphatic heterocycles. The average Bonchev–Trinajstić information content (AvgIpc) is 1.61. The molecule has 1 atom stereocenters. The number of nitrogens with one attached hydrogen (secondary N) is 1. The lowest BCUT2D eigenvalue weighted by Gasteiger charge is -2.26. The SMILES string of the molecule is C=C1NCC1C. The summed E-state index contributed by atoms with van der Waals surface area (Å²) in [6, 6.07) is 0. The van der Waals surface area contributed by atoms with Gasteiger partial charge in [0.15, 0.2) is 0 Å². The summed E-state index contributed by atoms with van der Waals surface area (Å²) in [6.07, 6.45) is 0. The standard InChI is InChI=1S/C5H9N/c1-4-3-6-5(4)2/h4,6H,2-3H2,1H3. The van der Waals surface area contributed by atoms with E-state index in [9.17, 15) is 0 Å². The summed E-state index contributed by atoms with van der Waals surface area (Å²) in [5.41, 5.74) is 1.19. The van der Waals surface area contributed by atoms with E-state index in [0.717, 1.165) is 12.5 Å². The number of hydrogen-bond donors (Lipinski definition) is 1. The van der Waals surface area contributed by atoms with E-state index in [2.05, 4.69) is 18.8 Å². The van der Waals surface area contributed by atoms with Gasteiger partial charge in [-0.05, 0) is 0 Å². The van der Waals surface area contributed by atoms with Crippen molar-refractivity contribution < 1.29 is 0 Å². The molecule has 0 saturated carbocycles. The average molecular weight is 83.1 g/mol. The molecule has 1 saturated heterocycles. The van der Waals surface area contributed by atoms with Crippen LogP contribution in [0.5, 0.6) is 0 Å². The summed E-state index contributed by atoms with van der Waals surface area (Å²) < 4.78 is 0. The van der Waals surface area contributed by atoms with E-state index >= 15 is 0 Å². The third kappa shape index (κ3) is 0.313. The van der Waals surface area contributed by atoms with Gasteiger partial charge < -0.3 is 5.32 Å². The Hall–Kier alpha value is -0.460. The zero-order valence-corrected chi connectivity index (χ0v) is 3.99.